The van der Waals surface area contributed by atoms with Crippen LogP contribution in [0.15, 0.2) is 71.6 Å². The predicted octanol–water partition coefficient (Wildman–Crippen LogP) is 4.48. The Morgan fingerprint density at radius 3 is 2.31 bits per heavy atom. The maximum absolute atomic E-state index is 13.7. The Hall–Kier alpha value is -3.72. The lowest BCUT2D eigenvalue weighted by Crippen LogP contribution is -2.41. The Labute approximate surface area is 212 Å². The molecule has 0 spiro atoms. The third kappa shape index (κ3) is 6.09. The molecule has 0 radical (unpaired) electrons. The number of para-hydroxylation sites is 2. The van der Waals surface area contributed by atoms with Crippen LogP contribution in [0.1, 0.15) is 31.0 Å². The van der Waals surface area contributed by atoms with E-state index in [1.807, 2.05) is 13.8 Å². The van der Waals surface area contributed by atoms with Crippen LogP contribution in [-0.4, -0.2) is 41.7 Å². The molecular formula is C27H32N2O6S. The number of carbonyl (C=O) groups is 1. The van der Waals surface area contributed by atoms with Crippen LogP contribution in [0.5, 0.6) is 17.2 Å². The van der Waals surface area contributed by atoms with Crippen molar-refractivity contribution >= 4 is 21.6 Å². The Balaban J connectivity index is 1.96. The predicted molar refractivity (Wildman–Crippen MR) is 139 cm³/mol. The van der Waals surface area contributed by atoms with Gasteiger partial charge < -0.3 is 19.5 Å². The van der Waals surface area contributed by atoms with Crippen molar-refractivity contribution in [3.8, 4) is 17.2 Å². The van der Waals surface area contributed by atoms with E-state index in [4.69, 9.17) is 14.2 Å². The van der Waals surface area contributed by atoms with E-state index in [1.165, 1.54) is 12.1 Å². The number of sulfonamides is 1. The number of hydrogen-bond donors (Lipinski definition) is 1. The highest BCUT2D eigenvalue weighted by Gasteiger charge is 2.30. The van der Waals surface area contributed by atoms with Crippen molar-refractivity contribution in [1.82, 2.24) is 5.32 Å². The number of nitrogens with zero attached hydrogens (tertiary/aromatic N) is 1. The summed E-state index contributed by atoms with van der Waals surface area (Å²) in [7, 11) is -0.987. The van der Waals surface area contributed by atoms with Crippen molar-refractivity contribution in [3.63, 3.8) is 0 Å². The van der Waals surface area contributed by atoms with Crippen LogP contribution < -0.4 is 23.8 Å². The Morgan fingerprint density at radius 1 is 0.972 bits per heavy atom. The van der Waals surface area contributed by atoms with Gasteiger partial charge in [-0.3, -0.25) is 9.10 Å². The minimum absolute atomic E-state index is 0.0784. The molecule has 0 unspecified atom stereocenters. The minimum atomic E-state index is -4.08. The molecule has 0 saturated heterocycles. The maximum Gasteiger partial charge on any atom is 0.264 e. The first-order chi connectivity index (χ1) is 17.2. The van der Waals surface area contributed by atoms with Gasteiger partial charge in [0.2, 0.25) is 5.91 Å². The maximum atomic E-state index is 13.7. The summed E-state index contributed by atoms with van der Waals surface area (Å²) >= 11 is 0. The largest absolute Gasteiger partial charge is 0.497 e. The SMILES string of the molecule is CCOc1ccccc1N(CC(=O)N[C@@H](C)c1cc(OC)ccc1OC)S(=O)(=O)c1ccc(C)cc1. The Bertz CT molecular complexity index is 1290. The van der Waals surface area contributed by atoms with E-state index in [2.05, 4.69) is 5.32 Å². The zero-order chi connectivity index (χ0) is 26.3. The second-order valence-corrected chi connectivity index (χ2v) is 9.98. The molecule has 0 saturated carbocycles. The van der Waals surface area contributed by atoms with Crippen LogP contribution in [0.3, 0.4) is 0 Å². The highest BCUT2D eigenvalue weighted by molar-refractivity contribution is 7.92. The molecular weight excluding hydrogens is 480 g/mol. The summed E-state index contributed by atoms with van der Waals surface area (Å²) in [5.41, 5.74) is 1.91. The van der Waals surface area contributed by atoms with E-state index in [-0.39, 0.29) is 10.6 Å². The van der Waals surface area contributed by atoms with Gasteiger partial charge in [0.25, 0.3) is 10.0 Å². The lowest BCUT2D eigenvalue weighted by Gasteiger charge is -2.27. The summed E-state index contributed by atoms with van der Waals surface area (Å²) in [5, 5.41) is 2.89. The van der Waals surface area contributed by atoms with Gasteiger partial charge >= 0.3 is 0 Å². The van der Waals surface area contributed by atoms with Gasteiger partial charge in [-0.05, 0) is 63.2 Å². The topological polar surface area (TPSA) is 94.2 Å². The van der Waals surface area contributed by atoms with Gasteiger partial charge in [0.05, 0.1) is 37.5 Å². The molecule has 1 N–H and O–H groups in total. The number of aryl methyl sites for hydroxylation is 1. The van der Waals surface area contributed by atoms with Crippen LogP contribution in [0.2, 0.25) is 0 Å². The average Bonchev–Trinajstić information content (AvgIpc) is 2.87. The van der Waals surface area contributed by atoms with Crippen LogP contribution >= 0.6 is 0 Å². The fourth-order valence-electron chi connectivity index (χ4n) is 3.75. The second-order valence-electron chi connectivity index (χ2n) is 8.12. The first kappa shape index (κ1) is 26.9. The molecule has 3 aromatic rings. The normalized spacial score (nSPS) is 11.9. The third-order valence-electron chi connectivity index (χ3n) is 5.61. The van der Waals surface area contributed by atoms with E-state index >= 15 is 0 Å². The molecule has 1 amide bonds. The molecule has 3 rings (SSSR count). The number of amides is 1. The van der Waals surface area contributed by atoms with E-state index in [1.54, 1.807) is 75.7 Å². The van der Waals surface area contributed by atoms with Crippen molar-refractivity contribution < 1.29 is 27.4 Å². The summed E-state index contributed by atoms with van der Waals surface area (Å²) in [6.07, 6.45) is 0. The number of benzene rings is 3. The highest BCUT2D eigenvalue weighted by Crippen LogP contribution is 2.33. The quantitative estimate of drug-likeness (QED) is 0.407. The lowest BCUT2D eigenvalue weighted by atomic mass is 10.1. The lowest BCUT2D eigenvalue weighted by molar-refractivity contribution is -0.120. The Morgan fingerprint density at radius 2 is 1.67 bits per heavy atom. The molecule has 192 valence electrons. The zero-order valence-corrected chi connectivity index (χ0v) is 22.0. The molecule has 36 heavy (non-hydrogen) atoms. The van der Waals surface area contributed by atoms with Gasteiger partial charge in [-0.15, -0.1) is 0 Å². The number of methoxy groups -OCH3 is 2. The molecule has 8 nitrogen and oxygen atoms in total. The van der Waals surface area contributed by atoms with Crippen molar-refractivity contribution in [3.05, 3.63) is 77.9 Å². The molecule has 0 fully saturated rings. The van der Waals surface area contributed by atoms with E-state index in [9.17, 15) is 13.2 Å². The average molecular weight is 513 g/mol. The number of ether oxygens (including phenoxy) is 3. The summed E-state index contributed by atoms with van der Waals surface area (Å²) in [6.45, 7) is 5.37. The van der Waals surface area contributed by atoms with Crippen molar-refractivity contribution in [2.24, 2.45) is 0 Å². The minimum Gasteiger partial charge on any atom is -0.497 e. The number of hydrogen-bond acceptors (Lipinski definition) is 6. The van der Waals surface area contributed by atoms with Crippen molar-refractivity contribution in [1.29, 1.82) is 0 Å². The van der Waals surface area contributed by atoms with Crippen LogP contribution in [0.25, 0.3) is 0 Å². The first-order valence-electron chi connectivity index (χ1n) is 11.5. The number of rotatable bonds is 11. The van der Waals surface area contributed by atoms with Gasteiger partial charge in [0.15, 0.2) is 0 Å². The molecule has 0 aliphatic rings. The van der Waals surface area contributed by atoms with Gasteiger partial charge in [0.1, 0.15) is 23.8 Å². The highest BCUT2D eigenvalue weighted by atomic mass is 32.2. The number of anilines is 1. The van der Waals surface area contributed by atoms with E-state index in [0.29, 0.717) is 29.4 Å². The standard InChI is InChI=1S/C27H32N2O6S/c1-6-35-26-10-8-7-9-24(26)29(36(31,32)22-14-11-19(2)12-15-22)18-27(30)28-20(3)23-17-21(33-4)13-16-25(23)34-5/h7-17,20H,6,18H2,1-5H3,(H,28,30)/t20-/m0/s1. The van der Waals surface area contributed by atoms with Gasteiger partial charge in [-0.25, -0.2) is 8.42 Å². The monoisotopic (exact) mass is 512 g/mol. The molecule has 3 aromatic carbocycles. The molecule has 0 aliphatic carbocycles. The van der Waals surface area contributed by atoms with Crippen molar-refractivity contribution in [2.75, 3.05) is 31.7 Å². The van der Waals surface area contributed by atoms with Crippen molar-refractivity contribution in [2.45, 2.75) is 31.7 Å². The first-order valence-corrected chi connectivity index (χ1v) is 13.0. The molecule has 0 aliphatic heterocycles. The smallest absolute Gasteiger partial charge is 0.264 e. The van der Waals surface area contributed by atoms with E-state index < -0.39 is 28.5 Å². The van der Waals surface area contributed by atoms with Gasteiger partial charge in [-0.2, -0.15) is 0 Å². The fourth-order valence-corrected chi connectivity index (χ4v) is 5.18. The molecule has 0 heterocycles. The van der Waals surface area contributed by atoms with Crippen LogP contribution in [0, 0.1) is 6.92 Å². The summed E-state index contributed by atoms with van der Waals surface area (Å²) in [4.78, 5) is 13.3. The summed E-state index contributed by atoms with van der Waals surface area (Å²) < 4.78 is 45.0. The molecule has 1 atom stereocenters. The van der Waals surface area contributed by atoms with Crippen LogP contribution in [-0.2, 0) is 14.8 Å². The fraction of sp³-hybridized carbons (Fsp3) is 0.296. The Kier molecular flexibility index (Phi) is 8.82. The van der Waals surface area contributed by atoms with Crippen LogP contribution in [0.4, 0.5) is 5.69 Å². The number of carbonyl (C=O) groups excluding carboxylic acids is 1. The molecule has 9 heteroatoms. The third-order valence-corrected chi connectivity index (χ3v) is 7.38. The summed E-state index contributed by atoms with van der Waals surface area (Å²) in [5.74, 6) is 1.07. The van der Waals surface area contributed by atoms with Gasteiger partial charge in [-0.1, -0.05) is 29.8 Å². The zero-order valence-electron chi connectivity index (χ0n) is 21.1. The van der Waals surface area contributed by atoms with Gasteiger partial charge in [0, 0.05) is 5.56 Å². The number of nitrogens with one attached hydrogen (secondary N) is 1. The van der Waals surface area contributed by atoms with E-state index in [0.717, 1.165) is 9.87 Å². The second kappa shape index (κ2) is 11.8. The molecule has 0 aromatic heterocycles. The molecule has 0 bridgehead atoms. The summed E-state index contributed by atoms with van der Waals surface area (Å²) in [6, 6.07) is 18.1.